The molecule has 162 valence electrons. The molecule has 0 saturated carbocycles. The second kappa shape index (κ2) is 11.2. The number of carbonyl (C=O) groups is 1. The summed E-state index contributed by atoms with van der Waals surface area (Å²) in [4.78, 5) is 12.8. The predicted molar refractivity (Wildman–Crippen MR) is 122 cm³/mol. The summed E-state index contributed by atoms with van der Waals surface area (Å²) in [5.74, 6) is 0.922. The molecule has 31 heavy (non-hydrogen) atoms. The molecule has 1 amide bonds. The van der Waals surface area contributed by atoms with Crippen LogP contribution in [0.3, 0.4) is 0 Å². The largest absolute Gasteiger partial charge is 0.493 e. The molecule has 3 aromatic rings. The fourth-order valence-electron chi connectivity index (χ4n) is 3.46. The smallest absolute Gasteiger partial charge is 0.251 e. The van der Waals surface area contributed by atoms with E-state index in [2.05, 4.69) is 5.32 Å². The lowest BCUT2D eigenvalue weighted by Crippen LogP contribution is -2.29. The van der Waals surface area contributed by atoms with E-state index in [1.54, 1.807) is 32.2 Å². The first kappa shape index (κ1) is 22.4. The van der Waals surface area contributed by atoms with Crippen LogP contribution in [0.1, 0.15) is 40.7 Å². The van der Waals surface area contributed by atoms with Gasteiger partial charge in [-0.05, 0) is 42.7 Å². The number of aliphatic hydroxyl groups excluding tert-OH is 1. The zero-order valence-corrected chi connectivity index (χ0v) is 18.0. The van der Waals surface area contributed by atoms with Crippen LogP contribution in [0.25, 0.3) is 0 Å². The van der Waals surface area contributed by atoms with Crippen LogP contribution in [0.15, 0.2) is 78.9 Å². The molecule has 5 nitrogen and oxygen atoms in total. The highest BCUT2D eigenvalue weighted by Crippen LogP contribution is 2.29. The molecule has 0 saturated heterocycles. The van der Waals surface area contributed by atoms with E-state index in [1.165, 1.54) is 0 Å². The quantitative estimate of drug-likeness (QED) is 0.506. The van der Waals surface area contributed by atoms with Gasteiger partial charge in [-0.15, -0.1) is 0 Å². The van der Waals surface area contributed by atoms with Crippen LogP contribution >= 0.6 is 0 Å². The number of nitrogens with one attached hydrogen (secondary N) is 1. The van der Waals surface area contributed by atoms with Crippen LogP contribution in [0, 0.1) is 0 Å². The third kappa shape index (κ3) is 6.59. The summed E-state index contributed by atoms with van der Waals surface area (Å²) in [6.07, 6.45) is 0.114. The van der Waals surface area contributed by atoms with E-state index in [0.717, 1.165) is 11.1 Å². The van der Waals surface area contributed by atoms with Crippen molar-refractivity contribution in [2.24, 2.45) is 0 Å². The van der Waals surface area contributed by atoms with Gasteiger partial charge >= 0.3 is 0 Å². The lowest BCUT2D eigenvalue weighted by atomic mass is 9.93. The van der Waals surface area contributed by atoms with E-state index >= 15 is 0 Å². The number of methoxy groups -OCH3 is 1. The SMILES string of the molecule is COc1cc(C(=O)NC[C@H](C[C@H](C)O)c2ccccc2)ccc1OCc1ccccc1. The van der Waals surface area contributed by atoms with Gasteiger partial charge in [0.2, 0.25) is 0 Å². The summed E-state index contributed by atoms with van der Waals surface area (Å²) < 4.78 is 11.3. The number of amides is 1. The van der Waals surface area contributed by atoms with Gasteiger partial charge in [-0.1, -0.05) is 60.7 Å². The number of aliphatic hydroxyl groups is 1. The molecule has 0 unspecified atom stereocenters. The van der Waals surface area contributed by atoms with Crippen molar-refractivity contribution in [3.05, 3.63) is 95.6 Å². The highest BCUT2D eigenvalue weighted by molar-refractivity contribution is 5.94. The average molecular weight is 420 g/mol. The van der Waals surface area contributed by atoms with Gasteiger partial charge in [0, 0.05) is 18.0 Å². The Morgan fingerprint density at radius 3 is 2.29 bits per heavy atom. The summed E-state index contributed by atoms with van der Waals surface area (Å²) in [5, 5.41) is 12.8. The second-order valence-electron chi connectivity index (χ2n) is 7.54. The van der Waals surface area contributed by atoms with E-state index in [4.69, 9.17) is 9.47 Å². The second-order valence-corrected chi connectivity index (χ2v) is 7.54. The summed E-state index contributed by atoms with van der Waals surface area (Å²) in [6.45, 7) is 2.61. The average Bonchev–Trinajstić information content (AvgIpc) is 2.81. The molecule has 2 atom stereocenters. The van der Waals surface area contributed by atoms with Crippen LogP contribution in [-0.4, -0.2) is 30.8 Å². The maximum atomic E-state index is 12.8. The van der Waals surface area contributed by atoms with Gasteiger partial charge in [-0.3, -0.25) is 4.79 Å². The normalized spacial score (nSPS) is 12.6. The minimum atomic E-state index is -0.455. The van der Waals surface area contributed by atoms with Crippen LogP contribution in [0.4, 0.5) is 0 Å². The maximum absolute atomic E-state index is 12.8. The molecule has 5 heteroatoms. The Kier molecular flexibility index (Phi) is 8.07. The number of hydrogen-bond donors (Lipinski definition) is 2. The molecule has 3 aromatic carbocycles. The highest BCUT2D eigenvalue weighted by Gasteiger charge is 2.17. The lowest BCUT2D eigenvalue weighted by Gasteiger charge is -2.20. The van der Waals surface area contributed by atoms with Crippen LogP contribution in [0.2, 0.25) is 0 Å². The van der Waals surface area contributed by atoms with Crippen molar-refractivity contribution in [2.45, 2.75) is 32.0 Å². The van der Waals surface area contributed by atoms with Gasteiger partial charge in [0.25, 0.3) is 5.91 Å². The molecule has 3 rings (SSSR count). The first-order valence-electron chi connectivity index (χ1n) is 10.4. The molecule has 0 aromatic heterocycles. The van der Waals surface area contributed by atoms with Gasteiger partial charge in [0.05, 0.1) is 13.2 Å². The number of rotatable bonds is 10. The van der Waals surface area contributed by atoms with Gasteiger partial charge in [-0.25, -0.2) is 0 Å². The summed E-state index contributed by atoms with van der Waals surface area (Å²) in [7, 11) is 1.56. The Labute approximate surface area is 183 Å². The topological polar surface area (TPSA) is 67.8 Å². The van der Waals surface area contributed by atoms with Crippen molar-refractivity contribution in [3.63, 3.8) is 0 Å². The van der Waals surface area contributed by atoms with Crippen molar-refractivity contribution in [3.8, 4) is 11.5 Å². The molecular weight excluding hydrogens is 390 g/mol. The fraction of sp³-hybridized carbons (Fsp3) is 0.269. The minimum Gasteiger partial charge on any atom is -0.493 e. The zero-order valence-electron chi connectivity index (χ0n) is 18.0. The standard InChI is InChI=1S/C26H29NO4/c1-19(28)15-23(21-11-7-4-8-12-21)17-27-26(29)22-13-14-24(25(16-22)30-2)31-18-20-9-5-3-6-10-20/h3-14,16,19,23,28H,15,17-18H2,1-2H3,(H,27,29)/t19-,23-/m0/s1. The van der Waals surface area contributed by atoms with E-state index in [1.807, 2.05) is 60.7 Å². The predicted octanol–water partition coefficient (Wildman–Crippen LogP) is 4.56. The molecular formula is C26H29NO4. The van der Waals surface area contributed by atoms with Gasteiger partial charge in [0.15, 0.2) is 11.5 Å². The number of ether oxygens (including phenoxy) is 2. The van der Waals surface area contributed by atoms with Crippen molar-refractivity contribution in [1.29, 1.82) is 0 Å². The highest BCUT2D eigenvalue weighted by atomic mass is 16.5. The van der Waals surface area contributed by atoms with E-state index < -0.39 is 6.10 Å². The molecule has 0 aliphatic carbocycles. The maximum Gasteiger partial charge on any atom is 0.251 e. The van der Waals surface area contributed by atoms with E-state index in [-0.39, 0.29) is 11.8 Å². The Morgan fingerprint density at radius 1 is 0.968 bits per heavy atom. The number of benzene rings is 3. The molecule has 0 spiro atoms. The first-order valence-corrected chi connectivity index (χ1v) is 10.4. The summed E-state index contributed by atoms with van der Waals surface area (Å²) in [6, 6.07) is 24.9. The zero-order chi connectivity index (χ0) is 22.1. The molecule has 0 aliphatic heterocycles. The minimum absolute atomic E-state index is 0.0283. The molecule has 2 N–H and O–H groups in total. The van der Waals surface area contributed by atoms with Crippen molar-refractivity contribution >= 4 is 5.91 Å². The molecule has 0 fully saturated rings. The molecule has 0 heterocycles. The molecule has 0 aliphatic rings. The van der Waals surface area contributed by atoms with Crippen LogP contribution in [0.5, 0.6) is 11.5 Å². The van der Waals surface area contributed by atoms with Crippen LogP contribution < -0.4 is 14.8 Å². The summed E-state index contributed by atoms with van der Waals surface area (Å²) in [5.41, 5.74) is 2.63. The number of carbonyl (C=O) groups excluding carboxylic acids is 1. The Bertz CT molecular complexity index is 958. The van der Waals surface area contributed by atoms with E-state index in [9.17, 15) is 9.90 Å². The van der Waals surface area contributed by atoms with Gasteiger partial charge < -0.3 is 19.9 Å². The Balaban J connectivity index is 1.65. The van der Waals surface area contributed by atoms with Crippen LogP contribution in [-0.2, 0) is 6.61 Å². The lowest BCUT2D eigenvalue weighted by molar-refractivity contribution is 0.0945. The molecule has 0 bridgehead atoms. The monoisotopic (exact) mass is 419 g/mol. The third-order valence-corrected chi connectivity index (χ3v) is 5.07. The third-order valence-electron chi connectivity index (χ3n) is 5.07. The number of hydrogen-bond acceptors (Lipinski definition) is 4. The van der Waals surface area contributed by atoms with Gasteiger partial charge in [0.1, 0.15) is 6.61 Å². The Morgan fingerprint density at radius 2 is 1.65 bits per heavy atom. The Hall–Kier alpha value is -3.31. The van der Waals surface area contributed by atoms with E-state index in [0.29, 0.717) is 36.6 Å². The molecule has 0 radical (unpaired) electrons. The van der Waals surface area contributed by atoms with Crippen molar-refractivity contribution < 1.29 is 19.4 Å². The van der Waals surface area contributed by atoms with Crippen molar-refractivity contribution in [1.82, 2.24) is 5.32 Å². The first-order chi connectivity index (χ1) is 15.1. The fourth-order valence-corrected chi connectivity index (χ4v) is 3.46. The van der Waals surface area contributed by atoms with Gasteiger partial charge in [-0.2, -0.15) is 0 Å². The van der Waals surface area contributed by atoms with Crippen molar-refractivity contribution in [2.75, 3.05) is 13.7 Å². The summed E-state index contributed by atoms with van der Waals surface area (Å²) >= 11 is 0.